The number of esters is 1. The molecule has 0 saturated heterocycles. The monoisotopic (exact) mass is 507 g/mol. The number of aryl methyl sites for hydroxylation is 1. The number of carbonyl (C=O) groups excluding carboxylic acids is 1. The Labute approximate surface area is 212 Å². The van der Waals surface area contributed by atoms with Crippen molar-refractivity contribution in [3.05, 3.63) is 91.8 Å². The van der Waals surface area contributed by atoms with Gasteiger partial charge in [-0.25, -0.2) is 14.2 Å². The summed E-state index contributed by atoms with van der Waals surface area (Å²) in [5.41, 5.74) is 1.78. The van der Waals surface area contributed by atoms with Crippen molar-refractivity contribution in [3.63, 3.8) is 0 Å². The molecule has 0 saturated carbocycles. The zero-order valence-corrected chi connectivity index (χ0v) is 21.1. The summed E-state index contributed by atoms with van der Waals surface area (Å²) in [4.78, 5) is 47.5. The number of benzene rings is 2. The van der Waals surface area contributed by atoms with Gasteiger partial charge in [-0.05, 0) is 62.7 Å². The molecule has 0 aliphatic heterocycles. The Kier molecular flexibility index (Phi) is 7.21. The summed E-state index contributed by atoms with van der Waals surface area (Å²) in [7, 11) is 1.26. The summed E-state index contributed by atoms with van der Waals surface area (Å²) in [6.07, 6.45) is 0. The molecule has 0 unspecified atom stereocenters. The van der Waals surface area contributed by atoms with E-state index in [0.717, 1.165) is 26.7 Å². The average Bonchev–Trinajstić information content (AvgIpc) is 2.86. The molecule has 36 heavy (non-hydrogen) atoms. The molecule has 0 spiro atoms. The van der Waals surface area contributed by atoms with Gasteiger partial charge in [0.2, 0.25) is 5.95 Å². The van der Waals surface area contributed by atoms with Gasteiger partial charge >= 0.3 is 17.3 Å². The first-order valence-corrected chi connectivity index (χ1v) is 11.8. The van der Waals surface area contributed by atoms with Crippen LogP contribution in [0.4, 0.5) is 11.6 Å². The average molecular weight is 508 g/mol. The number of fused-ring (bicyclic) bond motifs is 1. The molecule has 0 fully saturated rings. The predicted octanol–water partition coefficient (Wildman–Crippen LogP) is 4.08. The number of ether oxygens (including phenoxy) is 1. The van der Waals surface area contributed by atoms with Gasteiger partial charge in [-0.3, -0.25) is 14.3 Å². The third-order valence-corrected chi connectivity index (χ3v) is 6.39. The Morgan fingerprint density at radius 2 is 1.78 bits per heavy atom. The largest absolute Gasteiger partial charge is 0.469 e. The van der Waals surface area contributed by atoms with Gasteiger partial charge in [-0.15, -0.1) is 0 Å². The third-order valence-electron chi connectivity index (χ3n) is 6.14. The minimum Gasteiger partial charge on any atom is -0.469 e. The molecule has 0 aliphatic carbocycles. The normalized spacial score (nSPS) is 12.8. The molecule has 2 aromatic carbocycles. The maximum Gasteiger partial charge on any atom is 0.355 e. The van der Waals surface area contributed by atoms with E-state index in [-0.39, 0.29) is 12.5 Å². The van der Waals surface area contributed by atoms with Gasteiger partial charge in [0.1, 0.15) is 0 Å². The van der Waals surface area contributed by atoms with Crippen LogP contribution in [0.3, 0.4) is 0 Å². The van der Waals surface area contributed by atoms with Gasteiger partial charge < -0.3 is 10.1 Å². The van der Waals surface area contributed by atoms with E-state index < -0.39 is 29.3 Å². The molecule has 4 aromatic rings. The van der Waals surface area contributed by atoms with Crippen LogP contribution in [0.1, 0.15) is 31.1 Å². The highest BCUT2D eigenvalue weighted by Crippen LogP contribution is 2.22. The SMILES string of the molecule is COC(=O)[C@H](C)[C@H](C)n1c(=O)nc(Nc2ccc3nc(C)ccc3c2)n(Cc2ccc(Cl)cc2)c1=O. The quantitative estimate of drug-likeness (QED) is 0.375. The molecular formula is C26H26ClN5O4. The molecule has 0 aliphatic rings. The summed E-state index contributed by atoms with van der Waals surface area (Å²) in [5.74, 6) is -1.18. The number of carbonyl (C=O) groups is 1. The zero-order valence-electron chi connectivity index (χ0n) is 20.4. The van der Waals surface area contributed by atoms with Crippen LogP contribution in [0.2, 0.25) is 5.02 Å². The van der Waals surface area contributed by atoms with Crippen LogP contribution in [0.5, 0.6) is 0 Å². The van der Waals surface area contributed by atoms with E-state index in [1.54, 1.807) is 44.2 Å². The van der Waals surface area contributed by atoms with E-state index in [0.29, 0.717) is 10.7 Å². The fourth-order valence-electron chi connectivity index (χ4n) is 3.91. The molecular weight excluding hydrogens is 482 g/mol. The van der Waals surface area contributed by atoms with Crippen LogP contribution >= 0.6 is 11.6 Å². The summed E-state index contributed by atoms with van der Waals surface area (Å²) in [6.45, 7) is 5.26. The molecule has 4 rings (SSSR count). The summed E-state index contributed by atoms with van der Waals surface area (Å²) >= 11 is 6.02. The summed E-state index contributed by atoms with van der Waals surface area (Å²) in [6, 6.07) is 15.6. The van der Waals surface area contributed by atoms with Gasteiger partial charge in [0.05, 0.1) is 31.1 Å². The van der Waals surface area contributed by atoms with Crippen molar-refractivity contribution in [3.8, 4) is 0 Å². The molecule has 0 amide bonds. The molecule has 2 heterocycles. The number of hydrogen-bond acceptors (Lipinski definition) is 7. The fourth-order valence-corrected chi connectivity index (χ4v) is 4.03. The molecule has 186 valence electrons. The number of rotatable bonds is 7. The minimum absolute atomic E-state index is 0.0774. The first kappa shape index (κ1) is 25.1. The highest BCUT2D eigenvalue weighted by atomic mass is 35.5. The van der Waals surface area contributed by atoms with Gasteiger partial charge in [-0.1, -0.05) is 29.8 Å². The van der Waals surface area contributed by atoms with Crippen LogP contribution in [0, 0.1) is 12.8 Å². The lowest BCUT2D eigenvalue weighted by Gasteiger charge is -2.22. The minimum atomic E-state index is -0.773. The lowest BCUT2D eigenvalue weighted by atomic mass is 10.0. The highest BCUT2D eigenvalue weighted by molar-refractivity contribution is 6.30. The Balaban J connectivity index is 1.82. The van der Waals surface area contributed by atoms with Crippen LogP contribution in [-0.4, -0.2) is 32.2 Å². The molecule has 2 atom stereocenters. The third kappa shape index (κ3) is 5.16. The number of aromatic nitrogens is 4. The Morgan fingerprint density at radius 1 is 1.06 bits per heavy atom. The predicted molar refractivity (Wildman–Crippen MR) is 139 cm³/mol. The number of pyridine rings is 1. The summed E-state index contributed by atoms with van der Waals surface area (Å²) < 4.78 is 7.15. The molecule has 9 nitrogen and oxygen atoms in total. The van der Waals surface area contributed by atoms with Crippen molar-refractivity contribution in [2.24, 2.45) is 5.92 Å². The Bertz CT molecular complexity index is 1550. The van der Waals surface area contributed by atoms with Gasteiger partial charge in [0.15, 0.2) is 0 Å². The van der Waals surface area contributed by atoms with Crippen LogP contribution in [0.15, 0.2) is 64.2 Å². The number of nitrogens with one attached hydrogen (secondary N) is 1. The maximum absolute atomic E-state index is 13.6. The van der Waals surface area contributed by atoms with Crippen LogP contribution in [0.25, 0.3) is 10.9 Å². The topological polar surface area (TPSA) is 108 Å². The van der Waals surface area contributed by atoms with E-state index in [2.05, 4.69) is 15.3 Å². The van der Waals surface area contributed by atoms with Crippen molar-refractivity contribution in [2.75, 3.05) is 12.4 Å². The number of methoxy groups -OCH3 is 1. The van der Waals surface area contributed by atoms with Crippen molar-refractivity contribution in [1.29, 1.82) is 0 Å². The van der Waals surface area contributed by atoms with E-state index >= 15 is 0 Å². The summed E-state index contributed by atoms with van der Waals surface area (Å²) in [5, 5.41) is 4.57. The smallest absolute Gasteiger partial charge is 0.355 e. The van der Waals surface area contributed by atoms with Crippen molar-refractivity contribution >= 4 is 40.1 Å². The molecule has 0 radical (unpaired) electrons. The first-order chi connectivity index (χ1) is 17.2. The molecule has 0 bridgehead atoms. The second-order valence-electron chi connectivity index (χ2n) is 8.62. The van der Waals surface area contributed by atoms with Gasteiger partial charge in [0, 0.05) is 21.8 Å². The lowest BCUT2D eigenvalue weighted by molar-refractivity contribution is -0.146. The molecule has 2 aromatic heterocycles. The first-order valence-electron chi connectivity index (χ1n) is 11.4. The second kappa shape index (κ2) is 10.3. The lowest BCUT2D eigenvalue weighted by Crippen LogP contribution is -2.46. The van der Waals surface area contributed by atoms with Crippen LogP contribution in [-0.2, 0) is 16.1 Å². The van der Waals surface area contributed by atoms with E-state index in [1.165, 1.54) is 11.7 Å². The maximum atomic E-state index is 13.6. The fraction of sp³-hybridized carbons (Fsp3) is 0.269. The van der Waals surface area contributed by atoms with Crippen molar-refractivity contribution in [2.45, 2.75) is 33.4 Å². The number of nitrogens with zero attached hydrogens (tertiary/aromatic N) is 4. The van der Waals surface area contributed by atoms with Crippen molar-refractivity contribution in [1.82, 2.24) is 19.1 Å². The van der Waals surface area contributed by atoms with Gasteiger partial charge in [0.25, 0.3) is 0 Å². The van der Waals surface area contributed by atoms with Crippen LogP contribution < -0.4 is 16.7 Å². The van der Waals surface area contributed by atoms with Crippen molar-refractivity contribution < 1.29 is 9.53 Å². The standard InChI is InChI=1S/C26H26ClN5O4/c1-15-5-8-19-13-21(11-12-22(19)28-15)29-24-30-25(34)32(17(3)16(2)23(33)36-4)26(35)31(24)14-18-6-9-20(27)10-7-18/h5-13,16-17H,14H2,1-4H3,(H,29,30,34)/t16-,17+/m1/s1. The van der Waals surface area contributed by atoms with Gasteiger partial charge in [-0.2, -0.15) is 4.98 Å². The highest BCUT2D eigenvalue weighted by Gasteiger charge is 2.27. The van der Waals surface area contributed by atoms with E-state index in [9.17, 15) is 14.4 Å². The van der Waals surface area contributed by atoms with E-state index in [4.69, 9.17) is 16.3 Å². The number of anilines is 2. The molecule has 10 heteroatoms. The zero-order chi connectivity index (χ0) is 26.0. The second-order valence-corrected chi connectivity index (χ2v) is 9.06. The number of halogens is 1. The Hall–Kier alpha value is -3.98. The molecule has 1 N–H and O–H groups in total. The Morgan fingerprint density at radius 3 is 2.47 bits per heavy atom. The van der Waals surface area contributed by atoms with E-state index in [1.807, 2.05) is 31.2 Å². The number of hydrogen-bond donors (Lipinski definition) is 1.